The Morgan fingerprint density at radius 3 is 2.31 bits per heavy atom. The van der Waals surface area contributed by atoms with Gasteiger partial charge in [0.1, 0.15) is 5.75 Å². The Morgan fingerprint density at radius 2 is 1.59 bits per heavy atom. The molecule has 0 saturated carbocycles. The van der Waals surface area contributed by atoms with Gasteiger partial charge in [0.15, 0.2) is 5.75 Å². The molecule has 1 amide bonds. The molecule has 0 radical (unpaired) electrons. The van der Waals surface area contributed by atoms with Gasteiger partial charge in [-0.3, -0.25) is 4.79 Å². The Morgan fingerprint density at radius 1 is 0.938 bits per heavy atom. The summed E-state index contributed by atoms with van der Waals surface area (Å²) in [7, 11) is 0. The van der Waals surface area contributed by atoms with Gasteiger partial charge in [-0.25, -0.2) is 0 Å². The molecule has 0 atom stereocenters. The number of anilines is 2. The zero-order chi connectivity index (χ0) is 22.3. The molecule has 4 rings (SSSR count). The predicted molar refractivity (Wildman–Crippen MR) is 130 cm³/mol. The van der Waals surface area contributed by atoms with Crippen molar-refractivity contribution in [2.75, 3.05) is 23.7 Å². The maximum absolute atomic E-state index is 11.6. The maximum Gasteiger partial charge on any atom is 0.219 e. The molecule has 166 valence electrons. The van der Waals surface area contributed by atoms with Gasteiger partial charge in [0, 0.05) is 38.3 Å². The Balaban J connectivity index is 1.41. The van der Waals surface area contributed by atoms with Crippen molar-refractivity contribution in [3.8, 4) is 11.5 Å². The minimum absolute atomic E-state index is 0.166. The van der Waals surface area contributed by atoms with E-state index in [2.05, 4.69) is 41.8 Å². The molecular formula is C27H31N3O2. The number of nitrogens with one attached hydrogen (secondary N) is 2. The van der Waals surface area contributed by atoms with Gasteiger partial charge < -0.3 is 20.3 Å². The molecule has 32 heavy (non-hydrogen) atoms. The summed E-state index contributed by atoms with van der Waals surface area (Å²) in [5.74, 6) is 1.79. The normalized spacial score (nSPS) is 14.1. The first-order valence-electron chi connectivity index (χ1n) is 11.3. The predicted octanol–water partition coefficient (Wildman–Crippen LogP) is 5.82. The number of benzene rings is 3. The lowest BCUT2D eigenvalue weighted by atomic mass is 10.0. The quantitative estimate of drug-likeness (QED) is 0.497. The summed E-state index contributed by atoms with van der Waals surface area (Å²) in [6, 6.07) is 24.9. The fraction of sp³-hybridized carbons (Fsp3) is 0.296. The van der Waals surface area contributed by atoms with Gasteiger partial charge >= 0.3 is 0 Å². The summed E-state index contributed by atoms with van der Waals surface area (Å²) in [6.07, 6.45) is 1.93. The summed E-state index contributed by atoms with van der Waals surface area (Å²) in [5, 5.41) is 7.24. The third kappa shape index (κ3) is 5.61. The van der Waals surface area contributed by atoms with Crippen LogP contribution in [0, 0.1) is 6.92 Å². The molecular weight excluding hydrogens is 398 g/mol. The largest absolute Gasteiger partial charge is 0.455 e. The average Bonchev–Trinajstić information content (AvgIpc) is 2.81. The van der Waals surface area contributed by atoms with Gasteiger partial charge in [-0.15, -0.1) is 0 Å². The van der Waals surface area contributed by atoms with Crippen molar-refractivity contribution in [1.82, 2.24) is 4.90 Å². The third-order valence-electron chi connectivity index (χ3n) is 5.92. The fourth-order valence-electron chi connectivity index (χ4n) is 4.00. The first-order valence-corrected chi connectivity index (χ1v) is 11.3. The molecule has 1 aliphatic rings. The lowest BCUT2D eigenvalue weighted by Crippen LogP contribution is -2.41. The van der Waals surface area contributed by atoms with Crippen molar-refractivity contribution in [3.63, 3.8) is 0 Å². The molecule has 1 aliphatic heterocycles. The number of carbonyl (C=O) groups excluding carboxylic acids is 1. The van der Waals surface area contributed by atoms with Gasteiger partial charge in [-0.2, -0.15) is 0 Å². The van der Waals surface area contributed by atoms with E-state index in [1.54, 1.807) is 6.92 Å². The van der Waals surface area contributed by atoms with E-state index in [0.29, 0.717) is 12.6 Å². The number of amides is 1. The first-order chi connectivity index (χ1) is 15.6. The number of ether oxygens (including phenoxy) is 1. The minimum Gasteiger partial charge on any atom is -0.455 e. The molecule has 1 fully saturated rings. The lowest BCUT2D eigenvalue weighted by molar-refractivity contribution is -0.129. The molecule has 5 nitrogen and oxygen atoms in total. The van der Waals surface area contributed by atoms with E-state index in [9.17, 15) is 4.79 Å². The van der Waals surface area contributed by atoms with Crippen LogP contribution in [0.25, 0.3) is 0 Å². The molecule has 0 aliphatic carbocycles. The highest BCUT2D eigenvalue weighted by Gasteiger charge is 2.21. The average molecular weight is 430 g/mol. The number of para-hydroxylation sites is 3. The van der Waals surface area contributed by atoms with Gasteiger partial charge in [-0.05, 0) is 55.7 Å². The van der Waals surface area contributed by atoms with Crippen LogP contribution < -0.4 is 15.4 Å². The summed E-state index contributed by atoms with van der Waals surface area (Å²) in [4.78, 5) is 13.5. The Hall–Kier alpha value is -3.47. The Kier molecular flexibility index (Phi) is 6.95. The van der Waals surface area contributed by atoms with Crippen molar-refractivity contribution in [2.45, 2.75) is 39.3 Å². The smallest absolute Gasteiger partial charge is 0.219 e. The van der Waals surface area contributed by atoms with E-state index >= 15 is 0 Å². The Bertz CT molecular complexity index is 1040. The number of nitrogens with zero attached hydrogens (tertiary/aromatic N) is 1. The van der Waals surface area contributed by atoms with E-state index < -0.39 is 0 Å². The Labute approximate surface area is 190 Å². The lowest BCUT2D eigenvalue weighted by Gasteiger charge is -2.32. The third-order valence-corrected chi connectivity index (χ3v) is 5.92. The molecule has 2 N–H and O–H groups in total. The molecule has 1 heterocycles. The van der Waals surface area contributed by atoms with Crippen LogP contribution in [0.1, 0.15) is 30.9 Å². The van der Waals surface area contributed by atoms with E-state index in [0.717, 1.165) is 48.8 Å². The van der Waals surface area contributed by atoms with E-state index in [4.69, 9.17) is 4.74 Å². The number of piperidine rings is 1. The molecule has 0 unspecified atom stereocenters. The van der Waals surface area contributed by atoms with Crippen molar-refractivity contribution in [3.05, 3.63) is 83.9 Å². The van der Waals surface area contributed by atoms with Crippen molar-refractivity contribution in [1.29, 1.82) is 0 Å². The fourth-order valence-corrected chi connectivity index (χ4v) is 4.00. The molecule has 3 aromatic carbocycles. The highest BCUT2D eigenvalue weighted by atomic mass is 16.5. The topological polar surface area (TPSA) is 53.6 Å². The van der Waals surface area contributed by atoms with Crippen molar-refractivity contribution in [2.24, 2.45) is 0 Å². The number of carbonyl (C=O) groups is 1. The van der Waals surface area contributed by atoms with Crippen LogP contribution in [-0.4, -0.2) is 29.9 Å². The zero-order valence-electron chi connectivity index (χ0n) is 18.8. The van der Waals surface area contributed by atoms with Crippen LogP contribution in [0.4, 0.5) is 11.4 Å². The molecule has 0 spiro atoms. The second-order valence-corrected chi connectivity index (χ2v) is 8.35. The highest BCUT2D eigenvalue weighted by molar-refractivity contribution is 5.73. The number of hydrogen-bond donors (Lipinski definition) is 2. The minimum atomic E-state index is 0.166. The van der Waals surface area contributed by atoms with Crippen LogP contribution >= 0.6 is 0 Å². The summed E-state index contributed by atoms with van der Waals surface area (Å²) in [5.41, 5.74) is 4.50. The second-order valence-electron chi connectivity index (χ2n) is 8.35. The van der Waals surface area contributed by atoms with Gasteiger partial charge in [-0.1, -0.05) is 48.0 Å². The van der Waals surface area contributed by atoms with E-state index in [1.807, 2.05) is 53.4 Å². The van der Waals surface area contributed by atoms with Crippen LogP contribution in [0.2, 0.25) is 0 Å². The second kappa shape index (κ2) is 10.2. The molecule has 0 aromatic heterocycles. The van der Waals surface area contributed by atoms with Gasteiger partial charge in [0.2, 0.25) is 5.91 Å². The van der Waals surface area contributed by atoms with Crippen LogP contribution in [-0.2, 0) is 11.3 Å². The standard InChI is InChI=1S/C27H31N3O2/c1-20-11-13-24(14-12-20)32-27-10-6-5-9-26(27)28-19-22-7-3-4-8-25(22)29-23-15-17-30(18-16-23)21(2)31/h3-14,23,28-29H,15-19H2,1-2H3. The number of aryl methyl sites for hydroxylation is 1. The molecule has 5 heteroatoms. The maximum atomic E-state index is 11.6. The summed E-state index contributed by atoms with van der Waals surface area (Å²) in [6.45, 7) is 6.03. The number of likely N-dealkylation sites (tertiary alicyclic amines) is 1. The van der Waals surface area contributed by atoms with Crippen LogP contribution in [0.15, 0.2) is 72.8 Å². The molecule has 0 bridgehead atoms. The monoisotopic (exact) mass is 429 g/mol. The van der Waals surface area contributed by atoms with Crippen LogP contribution in [0.5, 0.6) is 11.5 Å². The van der Waals surface area contributed by atoms with Crippen LogP contribution in [0.3, 0.4) is 0 Å². The van der Waals surface area contributed by atoms with E-state index in [-0.39, 0.29) is 5.91 Å². The molecule has 1 saturated heterocycles. The van der Waals surface area contributed by atoms with Crippen molar-refractivity contribution >= 4 is 17.3 Å². The highest BCUT2D eigenvalue weighted by Crippen LogP contribution is 2.30. The van der Waals surface area contributed by atoms with Crippen molar-refractivity contribution < 1.29 is 9.53 Å². The zero-order valence-corrected chi connectivity index (χ0v) is 18.8. The first kappa shape index (κ1) is 21.8. The summed E-state index contributed by atoms with van der Waals surface area (Å²) >= 11 is 0. The number of rotatable bonds is 7. The summed E-state index contributed by atoms with van der Waals surface area (Å²) < 4.78 is 6.12. The molecule has 3 aromatic rings. The van der Waals surface area contributed by atoms with E-state index in [1.165, 1.54) is 11.1 Å². The van der Waals surface area contributed by atoms with Gasteiger partial charge in [0.05, 0.1) is 5.69 Å². The number of hydrogen-bond acceptors (Lipinski definition) is 4. The SMILES string of the molecule is CC(=O)N1CCC(Nc2ccccc2CNc2ccccc2Oc2ccc(C)cc2)CC1. The van der Waals surface area contributed by atoms with Gasteiger partial charge in [0.25, 0.3) is 0 Å².